The number of rotatable bonds is 1. The zero-order chi connectivity index (χ0) is 15.4. The third-order valence-corrected chi connectivity index (χ3v) is 5.19. The van der Waals surface area contributed by atoms with Gasteiger partial charge in [-0.15, -0.1) is 0 Å². The molecule has 21 heavy (non-hydrogen) atoms. The van der Waals surface area contributed by atoms with Gasteiger partial charge in [-0.1, -0.05) is 41.4 Å². The average molecular weight is 323 g/mol. The molecule has 0 fully saturated rings. The number of hydrogen-bond donors (Lipinski definition) is 0. The van der Waals surface area contributed by atoms with Gasteiger partial charge < -0.3 is 0 Å². The minimum Gasteiger partial charge on any atom is -0.293 e. The van der Waals surface area contributed by atoms with E-state index in [1.54, 1.807) is 12.1 Å². The van der Waals surface area contributed by atoms with E-state index in [9.17, 15) is 9.18 Å². The fraction of sp³-hybridized carbons (Fsp3) is 0.235. The van der Waals surface area contributed by atoms with Crippen molar-refractivity contribution in [1.29, 1.82) is 0 Å². The number of hydrogen-bond acceptors (Lipinski definition) is 1. The fourth-order valence-electron chi connectivity index (χ4n) is 2.99. The highest BCUT2D eigenvalue weighted by atomic mass is 35.5. The topological polar surface area (TPSA) is 17.1 Å². The Labute approximate surface area is 132 Å². The van der Waals surface area contributed by atoms with Gasteiger partial charge in [-0.05, 0) is 49.1 Å². The second kappa shape index (κ2) is 4.82. The van der Waals surface area contributed by atoms with Gasteiger partial charge in [0.15, 0.2) is 5.78 Å². The molecule has 4 heteroatoms. The summed E-state index contributed by atoms with van der Waals surface area (Å²) in [6, 6.07) is 7.96. The Bertz CT molecular complexity index is 752. The molecule has 0 spiro atoms. The van der Waals surface area contributed by atoms with E-state index in [-0.39, 0.29) is 11.6 Å². The van der Waals surface area contributed by atoms with E-state index in [0.29, 0.717) is 22.0 Å². The molecule has 2 aromatic rings. The number of ketones is 1. The van der Waals surface area contributed by atoms with Crippen molar-refractivity contribution in [3.8, 4) is 0 Å². The first-order valence-corrected chi connectivity index (χ1v) is 7.38. The number of benzene rings is 2. The predicted molar refractivity (Wildman–Crippen MR) is 83.0 cm³/mol. The Morgan fingerprint density at radius 3 is 2.38 bits per heavy atom. The summed E-state index contributed by atoms with van der Waals surface area (Å²) in [7, 11) is 0. The van der Waals surface area contributed by atoms with Crippen LogP contribution in [0.4, 0.5) is 4.39 Å². The van der Waals surface area contributed by atoms with E-state index in [1.165, 1.54) is 12.1 Å². The van der Waals surface area contributed by atoms with E-state index in [1.807, 2.05) is 19.9 Å². The molecule has 2 aromatic carbocycles. The van der Waals surface area contributed by atoms with Crippen LogP contribution in [0.15, 0.2) is 30.3 Å². The summed E-state index contributed by atoms with van der Waals surface area (Å²) in [4.78, 5) is 12.9. The lowest BCUT2D eigenvalue weighted by Gasteiger charge is -2.22. The van der Waals surface area contributed by atoms with E-state index in [0.717, 1.165) is 16.7 Å². The first-order valence-electron chi connectivity index (χ1n) is 6.63. The third-order valence-electron chi connectivity index (χ3n) is 4.22. The largest absolute Gasteiger partial charge is 0.293 e. The molecular weight excluding hydrogens is 310 g/mol. The van der Waals surface area contributed by atoms with Crippen molar-refractivity contribution < 1.29 is 9.18 Å². The second-order valence-corrected chi connectivity index (χ2v) is 6.46. The molecule has 0 aromatic heterocycles. The standard InChI is InChI=1S/C17H13Cl2FO/c1-9-7-10-8-17(2,11-3-5-12(20)6-4-11)16(21)13(10)15(19)14(9)18/h3-7H,8H2,1-2H3. The maximum Gasteiger partial charge on any atom is 0.175 e. The molecule has 1 nitrogen and oxygen atoms in total. The lowest BCUT2D eigenvalue weighted by atomic mass is 9.79. The molecule has 1 atom stereocenters. The van der Waals surface area contributed by atoms with Crippen molar-refractivity contribution in [3.63, 3.8) is 0 Å². The highest BCUT2D eigenvalue weighted by molar-refractivity contribution is 6.45. The van der Waals surface area contributed by atoms with E-state index in [4.69, 9.17) is 23.2 Å². The van der Waals surface area contributed by atoms with Crippen molar-refractivity contribution in [1.82, 2.24) is 0 Å². The molecular formula is C17H13Cl2FO. The van der Waals surface area contributed by atoms with Crippen LogP contribution in [0, 0.1) is 12.7 Å². The lowest BCUT2D eigenvalue weighted by molar-refractivity contribution is 0.0915. The van der Waals surface area contributed by atoms with Crippen molar-refractivity contribution in [2.24, 2.45) is 0 Å². The van der Waals surface area contributed by atoms with Gasteiger partial charge in [0.1, 0.15) is 5.82 Å². The van der Waals surface area contributed by atoms with Crippen molar-refractivity contribution in [2.75, 3.05) is 0 Å². The van der Waals surface area contributed by atoms with Gasteiger partial charge in [-0.25, -0.2) is 4.39 Å². The van der Waals surface area contributed by atoms with Gasteiger partial charge in [0.25, 0.3) is 0 Å². The summed E-state index contributed by atoms with van der Waals surface area (Å²) < 4.78 is 13.1. The van der Waals surface area contributed by atoms with Crippen LogP contribution in [0.2, 0.25) is 10.0 Å². The summed E-state index contributed by atoms with van der Waals surface area (Å²) >= 11 is 12.4. The summed E-state index contributed by atoms with van der Waals surface area (Å²) in [5.41, 5.74) is 2.32. The van der Waals surface area contributed by atoms with Gasteiger partial charge in [0, 0.05) is 5.56 Å². The molecule has 3 rings (SSSR count). The maximum atomic E-state index is 13.1. The van der Waals surface area contributed by atoms with Crippen LogP contribution >= 0.6 is 23.2 Å². The molecule has 1 aliphatic carbocycles. The Hall–Kier alpha value is -1.38. The minimum absolute atomic E-state index is 0.0593. The highest BCUT2D eigenvalue weighted by Crippen LogP contribution is 2.45. The van der Waals surface area contributed by atoms with Crippen molar-refractivity contribution >= 4 is 29.0 Å². The second-order valence-electron chi connectivity index (χ2n) is 5.70. The molecule has 0 radical (unpaired) electrons. The summed E-state index contributed by atoms with van der Waals surface area (Å²) in [6.45, 7) is 3.73. The average Bonchev–Trinajstić information content (AvgIpc) is 2.70. The van der Waals surface area contributed by atoms with Crippen LogP contribution in [-0.2, 0) is 11.8 Å². The Morgan fingerprint density at radius 2 is 1.76 bits per heavy atom. The van der Waals surface area contributed by atoms with Gasteiger partial charge >= 0.3 is 0 Å². The normalized spacial score (nSPS) is 20.7. The Morgan fingerprint density at radius 1 is 1.14 bits per heavy atom. The van der Waals surface area contributed by atoms with E-state index >= 15 is 0 Å². The molecule has 0 saturated carbocycles. The first-order chi connectivity index (χ1) is 9.84. The van der Waals surface area contributed by atoms with Gasteiger partial charge in [-0.2, -0.15) is 0 Å². The predicted octanol–water partition coefficient (Wildman–Crippen LogP) is 5.14. The minimum atomic E-state index is -0.725. The lowest BCUT2D eigenvalue weighted by Crippen LogP contribution is -2.29. The number of carbonyl (C=O) groups excluding carboxylic acids is 1. The van der Waals surface area contributed by atoms with Crippen molar-refractivity contribution in [2.45, 2.75) is 25.7 Å². The number of fused-ring (bicyclic) bond motifs is 1. The molecule has 0 bridgehead atoms. The summed E-state index contributed by atoms with van der Waals surface area (Å²) in [5.74, 6) is -0.377. The van der Waals surface area contributed by atoms with Gasteiger partial charge in [0.2, 0.25) is 0 Å². The fourth-order valence-corrected chi connectivity index (χ4v) is 3.50. The quantitative estimate of drug-likeness (QED) is 0.710. The zero-order valence-electron chi connectivity index (χ0n) is 11.6. The molecule has 1 unspecified atom stereocenters. The number of halogens is 3. The molecule has 0 N–H and O–H groups in total. The first kappa shape index (κ1) is 14.6. The van der Waals surface area contributed by atoms with Crippen LogP contribution in [0.25, 0.3) is 0 Å². The van der Waals surface area contributed by atoms with E-state index in [2.05, 4.69) is 0 Å². The molecule has 0 aliphatic heterocycles. The molecule has 0 amide bonds. The van der Waals surface area contributed by atoms with Crippen molar-refractivity contribution in [3.05, 3.63) is 68.4 Å². The monoisotopic (exact) mass is 322 g/mol. The van der Waals surface area contributed by atoms with Crippen LogP contribution in [-0.4, -0.2) is 5.78 Å². The van der Waals surface area contributed by atoms with Crippen LogP contribution in [0.3, 0.4) is 0 Å². The van der Waals surface area contributed by atoms with E-state index < -0.39 is 5.41 Å². The van der Waals surface area contributed by atoms with Crippen LogP contribution in [0.1, 0.15) is 34.0 Å². The SMILES string of the molecule is Cc1cc2c(c(Cl)c1Cl)C(=O)C(C)(c1ccc(F)cc1)C2. The molecule has 1 aliphatic rings. The number of Topliss-reactive ketones (excluding diaryl/α,β-unsaturated/α-hetero) is 1. The number of carbonyl (C=O) groups is 1. The smallest absolute Gasteiger partial charge is 0.175 e. The van der Waals surface area contributed by atoms with Gasteiger partial charge in [0.05, 0.1) is 15.5 Å². The third kappa shape index (κ3) is 2.09. The molecule has 0 heterocycles. The Kier molecular flexibility index (Phi) is 3.34. The molecule has 0 saturated heterocycles. The molecule has 108 valence electrons. The van der Waals surface area contributed by atoms with Crippen LogP contribution in [0.5, 0.6) is 0 Å². The van der Waals surface area contributed by atoms with Crippen LogP contribution < -0.4 is 0 Å². The van der Waals surface area contributed by atoms with Gasteiger partial charge in [-0.3, -0.25) is 4.79 Å². The zero-order valence-corrected chi connectivity index (χ0v) is 13.1. The highest BCUT2D eigenvalue weighted by Gasteiger charge is 2.44. The number of aryl methyl sites for hydroxylation is 1. The summed E-state index contributed by atoms with van der Waals surface area (Å²) in [5, 5.41) is 0.745. The Balaban J connectivity index is 2.16. The summed E-state index contributed by atoms with van der Waals surface area (Å²) in [6.07, 6.45) is 0.546. The maximum absolute atomic E-state index is 13.1.